The molecule has 2 aromatic rings. The Bertz CT molecular complexity index is 798. The van der Waals surface area contributed by atoms with Gasteiger partial charge in [-0.05, 0) is 32.0 Å². The number of amides is 1. The van der Waals surface area contributed by atoms with Crippen LogP contribution in [0.1, 0.15) is 33.3 Å². The lowest BCUT2D eigenvalue weighted by molar-refractivity contribution is 0.0526. The lowest BCUT2D eigenvalue weighted by atomic mass is 10.1. The molecule has 1 heterocycles. The molecule has 0 unspecified atom stereocenters. The quantitative estimate of drug-likeness (QED) is 0.805. The minimum absolute atomic E-state index is 0.232. The highest BCUT2D eigenvalue weighted by atomic mass is 16.5. The minimum Gasteiger partial charge on any atom is -0.493 e. The van der Waals surface area contributed by atoms with Gasteiger partial charge in [0.15, 0.2) is 11.5 Å². The Morgan fingerprint density at radius 1 is 1.20 bits per heavy atom. The van der Waals surface area contributed by atoms with E-state index in [1.165, 1.54) is 18.9 Å². The van der Waals surface area contributed by atoms with Crippen LogP contribution in [0, 0.1) is 6.92 Å². The third-order valence-electron chi connectivity index (χ3n) is 3.58. The zero-order valence-corrected chi connectivity index (χ0v) is 14.9. The second-order valence-electron chi connectivity index (χ2n) is 5.18. The number of nitrogens with zero attached hydrogens (tertiary/aromatic N) is 2. The predicted octanol–water partition coefficient (Wildman–Crippen LogP) is 2.17. The SMILES string of the molecule is CCOC(=O)c1c(C)nn(C)c1NC(=O)c1ccc(OC)c(OC)c1. The molecule has 0 spiro atoms. The molecule has 0 atom stereocenters. The molecule has 2 rings (SSSR count). The van der Waals surface area contributed by atoms with Gasteiger partial charge >= 0.3 is 5.97 Å². The molecule has 0 aliphatic rings. The molecule has 0 radical (unpaired) electrons. The normalized spacial score (nSPS) is 10.3. The lowest BCUT2D eigenvalue weighted by Gasteiger charge is -2.11. The fourth-order valence-electron chi connectivity index (χ4n) is 2.41. The average molecular weight is 347 g/mol. The number of methoxy groups -OCH3 is 2. The molecule has 25 heavy (non-hydrogen) atoms. The molecule has 0 aliphatic heterocycles. The van der Waals surface area contributed by atoms with Gasteiger partial charge in [-0.1, -0.05) is 0 Å². The lowest BCUT2D eigenvalue weighted by Crippen LogP contribution is -2.18. The number of hydrogen-bond acceptors (Lipinski definition) is 6. The maximum absolute atomic E-state index is 12.6. The van der Waals surface area contributed by atoms with E-state index >= 15 is 0 Å². The maximum atomic E-state index is 12.6. The summed E-state index contributed by atoms with van der Waals surface area (Å²) in [5.74, 6) is 0.283. The van der Waals surface area contributed by atoms with Crippen molar-refractivity contribution in [3.63, 3.8) is 0 Å². The van der Waals surface area contributed by atoms with Crippen molar-refractivity contribution in [2.45, 2.75) is 13.8 Å². The Hall–Kier alpha value is -3.03. The summed E-state index contributed by atoms with van der Waals surface area (Å²) >= 11 is 0. The third kappa shape index (κ3) is 3.73. The van der Waals surface area contributed by atoms with Gasteiger partial charge in [0.1, 0.15) is 11.4 Å². The smallest absolute Gasteiger partial charge is 0.343 e. The molecule has 8 heteroatoms. The summed E-state index contributed by atoms with van der Waals surface area (Å²) in [7, 11) is 4.64. The molecular weight excluding hydrogens is 326 g/mol. The maximum Gasteiger partial charge on any atom is 0.343 e. The molecule has 1 N–H and O–H groups in total. The van der Waals surface area contributed by atoms with E-state index in [-0.39, 0.29) is 18.0 Å². The van der Waals surface area contributed by atoms with Gasteiger partial charge in [0.05, 0.1) is 26.5 Å². The topological polar surface area (TPSA) is 91.7 Å². The van der Waals surface area contributed by atoms with Gasteiger partial charge in [0.2, 0.25) is 0 Å². The molecular formula is C17H21N3O5. The largest absolute Gasteiger partial charge is 0.493 e. The van der Waals surface area contributed by atoms with Crippen LogP contribution >= 0.6 is 0 Å². The first kappa shape index (κ1) is 18.3. The van der Waals surface area contributed by atoms with Gasteiger partial charge in [-0.3, -0.25) is 9.48 Å². The van der Waals surface area contributed by atoms with Crippen molar-refractivity contribution in [3.05, 3.63) is 35.0 Å². The Labute approximate surface area is 145 Å². The van der Waals surface area contributed by atoms with E-state index in [0.717, 1.165) is 0 Å². The molecule has 0 aliphatic carbocycles. The monoisotopic (exact) mass is 347 g/mol. The molecule has 8 nitrogen and oxygen atoms in total. The number of carbonyl (C=O) groups is 2. The second kappa shape index (κ2) is 7.69. The van der Waals surface area contributed by atoms with Crippen molar-refractivity contribution in [1.82, 2.24) is 9.78 Å². The molecule has 0 fully saturated rings. The number of aryl methyl sites for hydroxylation is 2. The highest BCUT2D eigenvalue weighted by Crippen LogP contribution is 2.28. The van der Waals surface area contributed by atoms with Crippen molar-refractivity contribution < 1.29 is 23.8 Å². The van der Waals surface area contributed by atoms with Gasteiger partial charge in [0, 0.05) is 12.6 Å². The van der Waals surface area contributed by atoms with E-state index in [0.29, 0.717) is 22.8 Å². The van der Waals surface area contributed by atoms with Crippen LogP contribution < -0.4 is 14.8 Å². The summed E-state index contributed by atoms with van der Waals surface area (Å²) in [5, 5.41) is 6.89. The standard InChI is InChI=1S/C17H21N3O5/c1-6-25-17(22)14-10(2)19-20(3)15(14)18-16(21)11-7-8-12(23-4)13(9-11)24-5/h7-9H,6H2,1-5H3,(H,18,21). The van der Waals surface area contributed by atoms with Crippen molar-refractivity contribution in [2.24, 2.45) is 7.05 Å². The first-order valence-corrected chi connectivity index (χ1v) is 7.67. The number of hydrogen-bond donors (Lipinski definition) is 1. The summed E-state index contributed by atoms with van der Waals surface area (Å²) in [5.41, 5.74) is 1.06. The highest BCUT2D eigenvalue weighted by Gasteiger charge is 2.23. The molecule has 0 bridgehead atoms. The van der Waals surface area contributed by atoms with Crippen LogP contribution in [0.2, 0.25) is 0 Å². The van der Waals surface area contributed by atoms with E-state index in [9.17, 15) is 9.59 Å². The van der Waals surface area contributed by atoms with Gasteiger partial charge in [-0.2, -0.15) is 5.10 Å². The van der Waals surface area contributed by atoms with Crippen LogP contribution in [-0.2, 0) is 11.8 Å². The first-order valence-electron chi connectivity index (χ1n) is 7.67. The van der Waals surface area contributed by atoms with Crippen molar-refractivity contribution in [2.75, 3.05) is 26.1 Å². The number of esters is 1. The van der Waals surface area contributed by atoms with Gasteiger partial charge in [-0.25, -0.2) is 4.79 Å². The molecule has 1 amide bonds. The number of carbonyl (C=O) groups excluding carboxylic acids is 2. The molecule has 1 aromatic heterocycles. The van der Waals surface area contributed by atoms with E-state index in [2.05, 4.69) is 10.4 Å². The summed E-state index contributed by atoms with van der Waals surface area (Å²) < 4.78 is 16.8. The predicted molar refractivity (Wildman–Crippen MR) is 91.4 cm³/mol. The summed E-state index contributed by atoms with van der Waals surface area (Å²) in [6.07, 6.45) is 0. The number of rotatable bonds is 6. The number of anilines is 1. The van der Waals surface area contributed by atoms with E-state index < -0.39 is 11.9 Å². The van der Waals surface area contributed by atoms with Crippen molar-refractivity contribution in [3.8, 4) is 11.5 Å². The van der Waals surface area contributed by atoms with Crippen LogP contribution in [0.15, 0.2) is 18.2 Å². The fraction of sp³-hybridized carbons (Fsp3) is 0.353. The van der Waals surface area contributed by atoms with Crippen LogP contribution in [0.25, 0.3) is 0 Å². The highest BCUT2D eigenvalue weighted by molar-refractivity contribution is 6.08. The molecule has 1 aromatic carbocycles. The fourth-order valence-corrected chi connectivity index (χ4v) is 2.41. The van der Waals surface area contributed by atoms with Gasteiger partial charge in [0.25, 0.3) is 5.91 Å². The summed E-state index contributed by atoms with van der Waals surface area (Å²) in [4.78, 5) is 24.7. The van der Waals surface area contributed by atoms with Crippen molar-refractivity contribution in [1.29, 1.82) is 0 Å². The number of nitrogens with one attached hydrogen (secondary N) is 1. The molecule has 134 valence electrons. The first-order chi connectivity index (χ1) is 11.9. The average Bonchev–Trinajstić information content (AvgIpc) is 2.87. The van der Waals surface area contributed by atoms with Crippen LogP contribution in [-0.4, -0.2) is 42.5 Å². The van der Waals surface area contributed by atoms with Gasteiger partial charge in [-0.15, -0.1) is 0 Å². The Balaban J connectivity index is 2.34. The van der Waals surface area contributed by atoms with E-state index in [4.69, 9.17) is 14.2 Å². The zero-order valence-electron chi connectivity index (χ0n) is 14.9. The van der Waals surface area contributed by atoms with Gasteiger partial charge < -0.3 is 19.5 Å². The summed E-state index contributed by atoms with van der Waals surface area (Å²) in [6, 6.07) is 4.79. The van der Waals surface area contributed by atoms with Crippen LogP contribution in [0.5, 0.6) is 11.5 Å². The number of ether oxygens (including phenoxy) is 3. The van der Waals surface area contributed by atoms with Crippen molar-refractivity contribution >= 4 is 17.7 Å². The van der Waals surface area contributed by atoms with Crippen LogP contribution in [0.4, 0.5) is 5.82 Å². The third-order valence-corrected chi connectivity index (χ3v) is 3.58. The Morgan fingerprint density at radius 3 is 2.48 bits per heavy atom. The van der Waals surface area contributed by atoms with E-state index in [1.54, 1.807) is 39.1 Å². The van der Waals surface area contributed by atoms with E-state index in [1.807, 2.05) is 0 Å². The second-order valence-corrected chi connectivity index (χ2v) is 5.18. The number of benzene rings is 1. The Kier molecular flexibility index (Phi) is 5.63. The molecule has 0 saturated heterocycles. The number of aromatic nitrogens is 2. The van der Waals surface area contributed by atoms with Crippen LogP contribution in [0.3, 0.4) is 0 Å². The minimum atomic E-state index is -0.532. The summed E-state index contributed by atoms with van der Waals surface area (Å²) in [6.45, 7) is 3.63. The molecule has 0 saturated carbocycles. The Morgan fingerprint density at radius 2 is 1.88 bits per heavy atom. The zero-order chi connectivity index (χ0) is 18.6.